The van der Waals surface area contributed by atoms with Crippen molar-refractivity contribution in [3.63, 3.8) is 0 Å². The van der Waals surface area contributed by atoms with Gasteiger partial charge in [0.1, 0.15) is 0 Å². The summed E-state index contributed by atoms with van der Waals surface area (Å²) in [4.78, 5) is 10.3. The Morgan fingerprint density at radius 2 is 2.22 bits per heavy atom. The lowest BCUT2D eigenvalue weighted by Crippen LogP contribution is -2.27. The van der Waals surface area contributed by atoms with Crippen LogP contribution in [0.2, 0.25) is 0 Å². The minimum Gasteiger partial charge on any atom is -0.311 e. The highest BCUT2D eigenvalue weighted by Crippen LogP contribution is 2.28. The topological polar surface area (TPSA) is 72.2 Å². The first kappa shape index (κ1) is 15.3. The Kier molecular flexibility index (Phi) is 5.90. The van der Waals surface area contributed by atoms with Crippen LogP contribution >= 0.6 is 15.9 Å². The molecule has 0 spiro atoms. The second-order valence-corrected chi connectivity index (χ2v) is 6.54. The van der Waals surface area contributed by atoms with Crippen molar-refractivity contribution in [2.75, 3.05) is 12.8 Å². The number of nitro groups is 1. The second kappa shape index (κ2) is 6.96. The zero-order valence-corrected chi connectivity index (χ0v) is 12.6. The van der Waals surface area contributed by atoms with Crippen molar-refractivity contribution >= 4 is 32.4 Å². The van der Waals surface area contributed by atoms with Crippen LogP contribution in [0, 0.1) is 10.1 Å². The van der Waals surface area contributed by atoms with Gasteiger partial charge in [-0.2, -0.15) is 0 Å². The Balaban J connectivity index is 2.66. The molecule has 1 aromatic carbocycles. The fraction of sp³-hybridized carbons (Fsp3) is 0.455. The number of hydrogen-bond acceptors (Lipinski definition) is 4. The molecule has 0 aliphatic rings. The lowest BCUT2D eigenvalue weighted by atomic mass is 10.2. The maximum atomic E-state index is 11.2. The molecular weight excluding hydrogens is 320 g/mol. The Labute approximate surface area is 117 Å². The smallest absolute Gasteiger partial charge is 0.283 e. The van der Waals surface area contributed by atoms with Crippen molar-refractivity contribution in [1.82, 2.24) is 5.32 Å². The van der Waals surface area contributed by atoms with Crippen LogP contribution in [-0.4, -0.2) is 27.2 Å². The predicted molar refractivity (Wildman–Crippen MR) is 76.0 cm³/mol. The van der Waals surface area contributed by atoms with E-state index in [1.54, 1.807) is 12.3 Å². The highest BCUT2D eigenvalue weighted by atomic mass is 79.9. The fourth-order valence-corrected chi connectivity index (χ4v) is 2.27. The van der Waals surface area contributed by atoms with Gasteiger partial charge < -0.3 is 5.32 Å². The summed E-state index contributed by atoms with van der Waals surface area (Å²) in [6.45, 7) is 3.01. The van der Waals surface area contributed by atoms with Gasteiger partial charge in [-0.05, 0) is 28.4 Å². The molecule has 0 aromatic heterocycles. The number of rotatable bonds is 6. The number of nitrogens with zero attached hydrogens (tertiary/aromatic N) is 1. The average molecular weight is 335 g/mol. The van der Waals surface area contributed by atoms with Gasteiger partial charge in [0.25, 0.3) is 5.69 Å². The van der Waals surface area contributed by atoms with Gasteiger partial charge in [-0.3, -0.25) is 14.3 Å². The highest BCUT2D eigenvalue weighted by molar-refractivity contribution is 9.10. The molecule has 0 saturated carbocycles. The minimum absolute atomic E-state index is 0.0569. The maximum absolute atomic E-state index is 11.2. The van der Waals surface area contributed by atoms with E-state index in [2.05, 4.69) is 21.2 Å². The molecule has 0 bridgehead atoms. The van der Waals surface area contributed by atoms with Crippen LogP contribution in [-0.2, 0) is 17.3 Å². The van der Waals surface area contributed by atoms with Crippen molar-refractivity contribution in [1.29, 1.82) is 0 Å². The zero-order chi connectivity index (χ0) is 13.7. The summed E-state index contributed by atoms with van der Waals surface area (Å²) in [6, 6.07) is 4.93. The lowest BCUT2D eigenvalue weighted by Gasteiger charge is -2.10. The van der Waals surface area contributed by atoms with Crippen LogP contribution in [0.15, 0.2) is 22.7 Å². The first-order valence-electron chi connectivity index (χ1n) is 5.38. The molecule has 0 amide bonds. The van der Waals surface area contributed by atoms with Crippen molar-refractivity contribution in [3.05, 3.63) is 38.3 Å². The largest absolute Gasteiger partial charge is 0.311 e. The molecular formula is C11H15BrN2O3S. The van der Waals surface area contributed by atoms with Gasteiger partial charge in [-0.25, -0.2) is 0 Å². The normalized spacial score (nSPS) is 14.2. The lowest BCUT2D eigenvalue weighted by molar-refractivity contribution is -0.385. The van der Waals surface area contributed by atoms with E-state index in [9.17, 15) is 14.3 Å². The summed E-state index contributed by atoms with van der Waals surface area (Å²) in [6.07, 6.45) is 1.66. The zero-order valence-electron chi connectivity index (χ0n) is 10.2. The van der Waals surface area contributed by atoms with Gasteiger partial charge >= 0.3 is 0 Å². The molecule has 2 unspecified atom stereocenters. The molecule has 0 heterocycles. The van der Waals surface area contributed by atoms with Gasteiger partial charge in [0.05, 0.1) is 9.40 Å². The van der Waals surface area contributed by atoms with Gasteiger partial charge in [0, 0.05) is 41.5 Å². The monoisotopic (exact) mass is 334 g/mol. The fourth-order valence-electron chi connectivity index (χ4n) is 1.37. The predicted octanol–water partition coefficient (Wildman–Crippen LogP) is 2.21. The number of halogens is 1. The van der Waals surface area contributed by atoms with Gasteiger partial charge in [0.15, 0.2) is 0 Å². The molecule has 0 aliphatic heterocycles. The van der Waals surface area contributed by atoms with Crippen molar-refractivity contribution < 1.29 is 9.13 Å². The van der Waals surface area contributed by atoms with Crippen LogP contribution in [0.25, 0.3) is 0 Å². The molecule has 1 rings (SSSR count). The molecule has 2 atom stereocenters. The molecule has 1 N–H and O–H groups in total. The minimum atomic E-state index is -0.868. The summed E-state index contributed by atoms with van der Waals surface area (Å²) >= 11 is 3.24. The van der Waals surface area contributed by atoms with Crippen LogP contribution < -0.4 is 5.32 Å². The van der Waals surface area contributed by atoms with E-state index in [4.69, 9.17) is 0 Å². The molecule has 100 valence electrons. The Morgan fingerprint density at radius 3 is 2.78 bits per heavy atom. The SMILES string of the molecule is CC(CNCc1cccc([N+](=O)[O-])c1Br)S(C)=O. The first-order valence-corrected chi connectivity index (χ1v) is 7.79. The van der Waals surface area contributed by atoms with E-state index in [-0.39, 0.29) is 10.9 Å². The van der Waals surface area contributed by atoms with E-state index in [1.165, 1.54) is 6.07 Å². The van der Waals surface area contributed by atoms with Gasteiger partial charge in [-0.15, -0.1) is 0 Å². The van der Waals surface area contributed by atoms with Crippen molar-refractivity contribution in [3.8, 4) is 0 Å². The molecule has 7 heteroatoms. The quantitative estimate of drug-likeness (QED) is 0.639. The maximum Gasteiger partial charge on any atom is 0.283 e. The van der Waals surface area contributed by atoms with Crippen LogP contribution in [0.3, 0.4) is 0 Å². The van der Waals surface area contributed by atoms with Gasteiger partial charge in [0.2, 0.25) is 0 Å². The van der Waals surface area contributed by atoms with Crippen molar-refractivity contribution in [2.45, 2.75) is 18.7 Å². The molecule has 18 heavy (non-hydrogen) atoms. The molecule has 1 aromatic rings. The molecule has 0 fully saturated rings. The molecule has 5 nitrogen and oxygen atoms in total. The van der Waals surface area contributed by atoms with E-state index < -0.39 is 15.7 Å². The van der Waals surface area contributed by atoms with E-state index in [0.29, 0.717) is 17.6 Å². The first-order chi connectivity index (χ1) is 8.43. The average Bonchev–Trinajstić information content (AvgIpc) is 2.30. The third-order valence-electron chi connectivity index (χ3n) is 2.57. The number of benzene rings is 1. The number of nitrogens with one attached hydrogen (secondary N) is 1. The Morgan fingerprint density at radius 1 is 1.56 bits per heavy atom. The third-order valence-corrected chi connectivity index (χ3v) is 4.78. The summed E-state index contributed by atoms with van der Waals surface area (Å²) in [5.41, 5.74) is 0.875. The van der Waals surface area contributed by atoms with Gasteiger partial charge in [-0.1, -0.05) is 12.1 Å². The molecule has 0 aliphatic carbocycles. The molecule has 0 saturated heterocycles. The van der Waals surface area contributed by atoms with E-state index in [0.717, 1.165) is 5.56 Å². The highest BCUT2D eigenvalue weighted by Gasteiger charge is 2.14. The molecule has 0 radical (unpaired) electrons. The summed E-state index contributed by atoms with van der Waals surface area (Å²) in [5.74, 6) is 0. The van der Waals surface area contributed by atoms with Crippen LogP contribution in [0.4, 0.5) is 5.69 Å². The Bertz CT molecular complexity index is 468. The van der Waals surface area contributed by atoms with Crippen molar-refractivity contribution in [2.24, 2.45) is 0 Å². The number of hydrogen-bond donors (Lipinski definition) is 1. The van der Waals surface area contributed by atoms with E-state index >= 15 is 0 Å². The number of nitro benzene ring substituents is 1. The van der Waals surface area contributed by atoms with Crippen LogP contribution in [0.1, 0.15) is 12.5 Å². The third kappa shape index (κ3) is 4.15. The van der Waals surface area contributed by atoms with Crippen LogP contribution in [0.5, 0.6) is 0 Å². The second-order valence-electron chi connectivity index (χ2n) is 3.95. The van der Waals surface area contributed by atoms with E-state index in [1.807, 2.05) is 13.0 Å². The summed E-state index contributed by atoms with van der Waals surface area (Å²) in [5, 5.41) is 14.0. The standard InChI is InChI=1S/C11H15BrN2O3S/c1-8(18(2)17)6-13-7-9-4-3-5-10(11(9)12)14(15)16/h3-5,8,13H,6-7H2,1-2H3. The Hall–Kier alpha value is -0.790. The summed E-state index contributed by atoms with van der Waals surface area (Å²) in [7, 11) is -0.868. The summed E-state index contributed by atoms with van der Waals surface area (Å²) < 4.78 is 11.7.